The molecule has 0 aliphatic heterocycles. The number of amides is 1. The summed E-state index contributed by atoms with van der Waals surface area (Å²) < 4.78 is 7.04. The first-order chi connectivity index (χ1) is 16.2. The number of carbonyl (C=O) groups is 1. The molecule has 3 rings (SSSR count). The Morgan fingerprint density at radius 1 is 1.21 bits per heavy atom. The van der Waals surface area contributed by atoms with Crippen molar-refractivity contribution in [1.29, 1.82) is 5.26 Å². The zero-order valence-electron chi connectivity index (χ0n) is 17.6. The average molecular weight is 606 g/mol. The van der Waals surface area contributed by atoms with Crippen molar-refractivity contribution in [2.45, 2.75) is 13.5 Å². The number of benzene rings is 3. The number of anilines is 1. The summed E-state index contributed by atoms with van der Waals surface area (Å²) in [4.78, 5) is 23.0. The minimum atomic E-state index is -0.557. The third kappa shape index (κ3) is 6.23. The molecule has 1 N–H and O–H groups in total. The molecule has 0 saturated carbocycles. The number of nitriles is 1. The normalized spacial score (nSPS) is 11.0. The molecule has 0 heterocycles. The van der Waals surface area contributed by atoms with Gasteiger partial charge in [0.15, 0.2) is 0 Å². The van der Waals surface area contributed by atoms with E-state index >= 15 is 0 Å². The highest BCUT2D eigenvalue weighted by Gasteiger charge is 2.14. The van der Waals surface area contributed by atoms with Crippen LogP contribution in [-0.2, 0) is 11.4 Å². The van der Waals surface area contributed by atoms with Crippen LogP contribution in [0.5, 0.6) is 5.75 Å². The molecule has 3 aromatic rings. The lowest BCUT2D eigenvalue weighted by Crippen LogP contribution is -2.14. The fraction of sp³-hybridized carbons (Fsp3) is 0.0833. The highest BCUT2D eigenvalue weighted by atomic mass is 79.9. The van der Waals surface area contributed by atoms with Gasteiger partial charge in [0.05, 0.1) is 13.9 Å². The molecule has 10 heteroatoms. The van der Waals surface area contributed by atoms with Gasteiger partial charge in [-0.15, -0.1) is 0 Å². The number of nitrogens with zero attached hydrogens (tertiary/aromatic N) is 2. The number of hydrogen-bond donors (Lipinski definition) is 1. The quantitative estimate of drug-likeness (QED) is 0.133. The minimum Gasteiger partial charge on any atom is -0.487 e. The molecular formula is C24H16Br2ClN3O4. The molecule has 0 atom stereocenters. The van der Waals surface area contributed by atoms with E-state index in [0.29, 0.717) is 36.5 Å². The molecule has 34 heavy (non-hydrogen) atoms. The number of nitrogens with one attached hydrogen (secondary N) is 1. The molecule has 172 valence electrons. The van der Waals surface area contributed by atoms with E-state index in [1.807, 2.05) is 6.07 Å². The maximum absolute atomic E-state index is 12.6. The molecule has 0 aliphatic rings. The van der Waals surface area contributed by atoms with Crippen molar-refractivity contribution < 1.29 is 14.5 Å². The summed E-state index contributed by atoms with van der Waals surface area (Å²) in [5.41, 5.74) is 2.50. The third-order valence-electron chi connectivity index (χ3n) is 4.74. The predicted molar refractivity (Wildman–Crippen MR) is 138 cm³/mol. The molecule has 0 spiro atoms. The van der Waals surface area contributed by atoms with Gasteiger partial charge in [0.25, 0.3) is 11.6 Å². The second kappa shape index (κ2) is 11.3. The largest absolute Gasteiger partial charge is 0.487 e. The maximum atomic E-state index is 12.6. The summed E-state index contributed by atoms with van der Waals surface area (Å²) in [6, 6.07) is 16.6. The number of non-ortho nitro benzene ring substituents is 1. The summed E-state index contributed by atoms with van der Waals surface area (Å²) in [5.74, 6) is -0.0494. The molecule has 3 aromatic carbocycles. The van der Waals surface area contributed by atoms with Gasteiger partial charge in [-0.25, -0.2) is 0 Å². The Kier molecular flexibility index (Phi) is 8.45. The van der Waals surface area contributed by atoms with Gasteiger partial charge in [-0.1, -0.05) is 17.7 Å². The molecule has 7 nitrogen and oxygen atoms in total. The molecule has 0 saturated heterocycles. The molecule has 0 fully saturated rings. The molecule has 0 aromatic heterocycles. The fourth-order valence-corrected chi connectivity index (χ4v) is 4.54. The van der Waals surface area contributed by atoms with Crippen LogP contribution in [0.3, 0.4) is 0 Å². The van der Waals surface area contributed by atoms with Gasteiger partial charge in [-0.2, -0.15) is 5.26 Å². The first-order valence-corrected chi connectivity index (χ1v) is 11.7. The highest BCUT2D eigenvalue weighted by Crippen LogP contribution is 2.36. The van der Waals surface area contributed by atoms with Gasteiger partial charge >= 0.3 is 0 Å². The lowest BCUT2D eigenvalue weighted by Gasteiger charge is -2.12. The van der Waals surface area contributed by atoms with Crippen LogP contribution in [0.2, 0.25) is 5.02 Å². The molecule has 0 radical (unpaired) electrons. The molecule has 0 unspecified atom stereocenters. The van der Waals surface area contributed by atoms with E-state index in [-0.39, 0.29) is 17.9 Å². The average Bonchev–Trinajstić information content (AvgIpc) is 2.80. The number of carbonyl (C=O) groups excluding carboxylic acids is 1. The number of hydrogen-bond acceptors (Lipinski definition) is 5. The number of nitro groups is 1. The Bertz CT molecular complexity index is 1310. The summed E-state index contributed by atoms with van der Waals surface area (Å²) in [5, 5.41) is 23.5. The van der Waals surface area contributed by atoms with Crippen molar-refractivity contribution in [3.63, 3.8) is 0 Å². The second-order valence-electron chi connectivity index (χ2n) is 7.06. The van der Waals surface area contributed by atoms with Crippen LogP contribution in [0.25, 0.3) is 6.08 Å². The van der Waals surface area contributed by atoms with Gasteiger partial charge in [-0.3, -0.25) is 14.9 Å². The van der Waals surface area contributed by atoms with E-state index in [9.17, 15) is 20.2 Å². The van der Waals surface area contributed by atoms with Crippen LogP contribution < -0.4 is 10.1 Å². The van der Waals surface area contributed by atoms with Crippen LogP contribution in [0.4, 0.5) is 11.4 Å². The van der Waals surface area contributed by atoms with Crippen molar-refractivity contribution in [2.75, 3.05) is 5.32 Å². The van der Waals surface area contributed by atoms with Gasteiger partial charge in [0.2, 0.25) is 0 Å². The summed E-state index contributed by atoms with van der Waals surface area (Å²) >= 11 is 13.0. The van der Waals surface area contributed by atoms with Gasteiger partial charge < -0.3 is 10.1 Å². The molecular weight excluding hydrogens is 590 g/mol. The third-order valence-corrected chi connectivity index (χ3v) is 6.33. The van der Waals surface area contributed by atoms with E-state index in [0.717, 1.165) is 5.56 Å². The van der Waals surface area contributed by atoms with Crippen LogP contribution in [-0.4, -0.2) is 10.8 Å². The zero-order chi connectivity index (χ0) is 24.8. The first kappa shape index (κ1) is 25.4. The van der Waals surface area contributed by atoms with Crippen LogP contribution in [0.1, 0.15) is 16.7 Å². The van der Waals surface area contributed by atoms with Crippen LogP contribution in [0, 0.1) is 28.4 Å². The number of rotatable bonds is 7. The number of halogens is 3. The fourth-order valence-electron chi connectivity index (χ4n) is 2.92. The van der Waals surface area contributed by atoms with E-state index in [4.69, 9.17) is 16.3 Å². The standard InChI is InChI=1S/C24H16Br2ClN3O4/c1-14-21(27)3-2-4-22(14)29-24(31)17(12-28)9-16-10-19(25)23(20(26)11-16)34-13-15-5-7-18(8-6-15)30(32)33/h2-11H,13H2,1H3,(H,29,31)/b17-9-. The number of nitro benzene ring substituents is 1. The molecule has 0 aliphatic carbocycles. The Balaban J connectivity index is 1.76. The predicted octanol–water partition coefficient (Wildman–Crippen LogP) is 7.21. The van der Waals surface area contributed by atoms with Crippen molar-refractivity contribution in [2.24, 2.45) is 0 Å². The lowest BCUT2D eigenvalue weighted by atomic mass is 10.1. The lowest BCUT2D eigenvalue weighted by molar-refractivity contribution is -0.384. The minimum absolute atomic E-state index is 0.00473. The van der Waals surface area contributed by atoms with Crippen LogP contribution >= 0.6 is 43.5 Å². The molecule has 0 bridgehead atoms. The number of ether oxygens (including phenoxy) is 1. The van der Waals surface area contributed by atoms with Gasteiger partial charge in [-0.05, 0) is 97.9 Å². The topological polar surface area (TPSA) is 105 Å². The Hall–Kier alpha value is -3.19. The Labute approximate surface area is 217 Å². The molecule has 1 amide bonds. The highest BCUT2D eigenvalue weighted by molar-refractivity contribution is 9.11. The van der Waals surface area contributed by atoms with Crippen molar-refractivity contribution in [3.05, 3.63) is 101 Å². The Morgan fingerprint density at radius 2 is 1.85 bits per heavy atom. The summed E-state index contributed by atoms with van der Waals surface area (Å²) in [6.07, 6.45) is 1.46. The smallest absolute Gasteiger partial charge is 0.269 e. The van der Waals surface area contributed by atoms with E-state index in [1.54, 1.807) is 49.4 Å². The van der Waals surface area contributed by atoms with Crippen molar-refractivity contribution in [3.8, 4) is 11.8 Å². The summed E-state index contributed by atoms with van der Waals surface area (Å²) in [7, 11) is 0. The van der Waals surface area contributed by atoms with Crippen LogP contribution in [0.15, 0.2) is 69.1 Å². The first-order valence-electron chi connectivity index (χ1n) is 9.73. The monoisotopic (exact) mass is 603 g/mol. The van der Waals surface area contributed by atoms with E-state index in [1.165, 1.54) is 18.2 Å². The van der Waals surface area contributed by atoms with E-state index < -0.39 is 10.8 Å². The van der Waals surface area contributed by atoms with Crippen molar-refractivity contribution >= 4 is 66.8 Å². The zero-order valence-corrected chi connectivity index (χ0v) is 21.6. The summed E-state index contributed by atoms with van der Waals surface area (Å²) in [6.45, 7) is 1.96. The second-order valence-corrected chi connectivity index (χ2v) is 9.18. The Morgan fingerprint density at radius 3 is 2.44 bits per heavy atom. The SMILES string of the molecule is Cc1c(Cl)cccc1NC(=O)/C(C#N)=C\c1cc(Br)c(OCc2ccc([N+](=O)[O-])cc2)c(Br)c1. The maximum Gasteiger partial charge on any atom is 0.269 e. The van der Waals surface area contributed by atoms with E-state index in [2.05, 4.69) is 37.2 Å². The van der Waals surface area contributed by atoms with Gasteiger partial charge in [0, 0.05) is 22.8 Å². The van der Waals surface area contributed by atoms with Crippen molar-refractivity contribution in [1.82, 2.24) is 0 Å². The van der Waals surface area contributed by atoms with Gasteiger partial charge in [0.1, 0.15) is 24.0 Å².